The highest BCUT2D eigenvalue weighted by Crippen LogP contribution is 2.35. The van der Waals surface area contributed by atoms with E-state index in [0.717, 1.165) is 58.9 Å². The molecule has 5 rings (SSSR count). The van der Waals surface area contributed by atoms with E-state index in [4.69, 9.17) is 0 Å². The first-order valence-corrected chi connectivity index (χ1v) is 11.1. The molecular weight excluding hydrogens is 392 g/mol. The van der Waals surface area contributed by atoms with Crippen LogP contribution < -0.4 is 5.32 Å². The highest BCUT2D eigenvalue weighted by atomic mass is 32.1. The number of aryl methyl sites for hydroxylation is 1. The van der Waals surface area contributed by atoms with E-state index in [9.17, 15) is 4.79 Å². The van der Waals surface area contributed by atoms with Crippen LogP contribution >= 0.6 is 11.3 Å². The SMILES string of the molecule is O=C1CCCc2[nH]c(-c3ccnc(NCc4cscn4)c3)c(Cc3ccccc3)c21. The van der Waals surface area contributed by atoms with E-state index in [0.29, 0.717) is 13.0 Å². The number of thiazole rings is 1. The Balaban J connectivity index is 1.52. The maximum Gasteiger partial charge on any atom is 0.165 e. The van der Waals surface area contributed by atoms with Gasteiger partial charge in [0, 0.05) is 41.2 Å². The third-order valence-electron chi connectivity index (χ3n) is 5.50. The molecule has 0 radical (unpaired) electrons. The first-order valence-electron chi connectivity index (χ1n) is 10.2. The fraction of sp³-hybridized carbons (Fsp3) is 0.208. The zero-order chi connectivity index (χ0) is 20.3. The lowest BCUT2D eigenvalue weighted by Crippen LogP contribution is -2.11. The van der Waals surface area contributed by atoms with Crippen molar-refractivity contribution in [1.29, 1.82) is 0 Å². The van der Waals surface area contributed by atoms with Crippen LogP contribution in [0.1, 0.15) is 45.7 Å². The number of carbonyl (C=O) groups is 1. The third kappa shape index (κ3) is 3.78. The Morgan fingerprint density at radius 3 is 2.83 bits per heavy atom. The first-order chi connectivity index (χ1) is 14.8. The topological polar surface area (TPSA) is 70.7 Å². The highest BCUT2D eigenvalue weighted by molar-refractivity contribution is 7.07. The lowest BCUT2D eigenvalue weighted by Gasteiger charge is -2.12. The number of H-pyrrole nitrogens is 1. The van der Waals surface area contributed by atoms with Crippen LogP contribution in [0.3, 0.4) is 0 Å². The van der Waals surface area contributed by atoms with E-state index in [1.165, 1.54) is 5.56 Å². The first kappa shape index (κ1) is 18.8. The predicted octanol–water partition coefficient (Wildman–Crippen LogP) is 5.26. The molecule has 3 aromatic heterocycles. The fourth-order valence-corrected chi connectivity index (χ4v) is 4.64. The molecule has 3 heterocycles. The van der Waals surface area contributed by atoms with Crippen molar-refractivity contribution in [3.8, 4) is 11.3 Å². The van der Waals surface area contributed by atoms with Gasteiger partial charge in [-0.25, -0.2) is 9.97 Å². The number of anilines is 1. The zero-order valence-corrected chi connectivity index (χ0v) is 17.3. The Labute approximate surface area is 179 Å². The monoisotopic (exact) mass is 414 g/mol. The van der Waals surface area contributed by atoms with Crippen LogP contribution in [0.15, 0.2) is 59.6 Å². The molecule has 0 amide bonds. The molecule has 0 spiro atoms. The van der Waals surface area contributed by atoms with E-state index in [1.807, 2.05) is 47.4 Å². The maximum absolute atomic E-state index is 12.8. The van der Waals surface area contributed by atoms with E-state index < -0.39 is 0 Å². The van der Waals surface area contributed by atoms with Crippen LogP contribution in [-0.4, -0.2) is 20.7 Å². The van der Waals surface area contributed by atoms with E-state index >= 15 is 0 Å². The van der Waals surface area contributed by atoms with Crippen LogP contribution in [0.2, 0.25) is 0 Å². The smallest absolute Gasteiger partial charge is 0.165 e. The summed E-state index contributed by atoms with van der Waals surface area (Å²) in [7, 11) is 0. The number of fused-ring (bicyclic) bond motifs is 1. The van der Waals surface area contributed by atoms with Gasteiger partial charge in [-0.1, -0.05) is 30.3 Å². The molecule has 4 aromatic rings. The summed E-state index contributed by atoms with van der Waals surface area (Å²) in [6.07, 6.45) is 5.00. The number of rotatable bonds is 6. The van der Waals surface area contributed by atoms with Crippen LogP contribution in [0.4, 0.5) is 5.82 Å². The number of Topliss-reactive ketones (excluding diaryl/α,β-unsaturated/α-hetero) is 1. The standard InChI is InChI=1S/C24H22N4OS/c29-21-8-4-7-20-23(21)19(11-16-5-2-1-3-6-16)24(28-20)17-9-10-25-22(12-17)26-13-18-14-30-15-27-18/h1-3,5-6,9-10,12,14-15,28H,4,7-8,11,13H2,(H,25,26). The van der Waals surface area contributed by atoms with Crippen LogP contribution in [0.25, 0.3) is 11.3 Å². The molecule has 0 atom stereocenters. The molecule has 0 saturated carbocycles. The van der Waals surface area contributed by atoms with Crippen molar-refractivity contribution in [2.45, 2.75) is 32.2 Å². The van der Waals surface area contributed by atoms with Gasteiger partial charge in [-0.05, 0) is 36.1 Å². The van der Waals surface area contributed by atoms with Crippen molar-refractivity contribution >= 4 is 22.9 Å². The molecule has 0 unspecified atom stereocenters. The second-order valence-electron chi connectivity index (χ2n) is 7.53. The minimum Gasteiger partial charge on any atom is -0.364 e. The van der Waals surface area contributed by atoms with Gasteiger partial charge in [0.15, 0.2) is 5.78 Å². The van der Waals surface area contributed by atoms with Crippen molar-refractivity contribution in [2.24, 2.45) is 0 Å². The van der Waals surface area contributed by atoms with Crippen LogP contribution in [-0.2, 0) is 19.4 Å². The molecule has 1 aliphatic rings. The Hall–Kier alpha value is -3.25. The summed E-state index contributed by atoms with van der Waals surface area (Å²) >= 11 is 1.58. The molecule has 1 aromatic carbocycles. The number of carbonyl (C=O) groups excluding carboxylic acids is 1. The molecular formula is C24H22N4OS. The normalized spacial score (nSPS) is 13.3. The Morgan fingerprint density at radius 2 is 2.00 bits per heavy atom. The summed E-state index contributed by atoms with van der Waals surface area (Å²) in [4.78, 5) is 25.1. The van der Waals surface area contributed by atoms with Crippen LogP contribution in [0.5, 0.6) is 0 Å². The minimum atomic E-state index is 0.251. The fourth-order valence-electron chi connectivity index (χ4n) is 4.08. The van der Waals surface area contributed by atoms with Gasteiger partial charge in [0.2, 0.25) is 0 Å². The average Bonchev–Trinajstić information content (AvgIpc) is 3.42. The summed E-state index contributed by atoms with van der Waals surface area (Å²) in [6.45, 7) is 0.635. The van der Waals surface area contributed by atoms with Gasteiger partial charge in [0.25, 0.3) is 0 Å². The molecule has 2 N–H and O–H groups in total. The second-order valence-corrected chi connectivity index (χ2v) is 8.25. The van der Waals surface area contributed by atoms with Crippen molar-refractivity contribution in [3.05, 3.63) is 87.6 Å². The summed E-state index contributed by atoms with van der Waals surface area (Å²) in [5.41, 5.74) is 9.16. The average molecular weight is 415 g/mol. The second kappa shape index (κ2) is 8.24. The molecule has 0 fully saturated rings. The zero-order valence-electron chi connectivity index (χ0n) is 16.5. The van der Waals surface area contributed by atoms with Gasteiger partial charge >= 0.3 is 0 Å². The van der Waals surface area contributed by atoms with Crippen molar-refractivity contribution in [1.82, 2.24) is 15.0 Å². The number of ketones is 1. The van der Waals surface area contributed by atoms with Gasteiger partial charge in [-0.15, -0.1) is 11.3 Å². The van der Waals surface area contributed by atoms with E-state index in [-0.39, 0.29) is 5.78 Å². The van der Waals surface area contributed by atoms with Gasteiger partial charge in [0.1, 0.15) is 5.82 Å². The Bertz CT molecular complexity index is 1170. The van der Waals surface area contributed by atoms with Gasteiger partial charge < -0.3 is 10.3 Å². The molecule has 0 aliphatic heterocycles. The number of pyridine rings is 1. The van der Waals surface area contributed by atoms with Crippen molar-refractivity contribution in [3.63, 3.8) is 0 Å². The maximum atomic E-state index is 12.8. The molecule has 1 aliphatic carbocycles. The molecule has 150 valence electrons. The quantitative estimate of drug-likeness (QED) is 0.452. The van der Waals surface area contributed by atoms with Gasteiger partial charge in [0.05, 0.1) is 23.4 Å². The third-order valence-corrected chi connectivity index (χ3v) is 6.13. The van der Waals surface area contributed by atoms with E-state index in [1.54, 1.807) is 11.3 Å². The minimum absolute atomic E-state index is 0.251. The number of aromatic nitrogens is 3. The predicted molar refractivity (Wildman–Crippen MR) is 120 cm³/mol. The van der Waals surface area contributed by atoms with E-state index in [2.05, 4.69) is 32.4 Å². The molecule has 6 heteroatoms. The van der Waals surface area contributed by atoms with Gasteiger partial charge in [-0.3, -0.25) is 4.79 Å². The van der Waals surface area contributed by atoms with Crippen LogP contribution in [0, 0.1) is 0 Å². The largest absolute Gasteiger partial charge is 0.364 e. The summed E-state index contributed by atoms with van der Waals surface area (Å²) in [5.74, 6) is 1.05. The highest BCUT2D eigenvalue weighted by Gasteiger charge is 2.26. The molecule has 30 heavy (non-hydrogen) atoms. The van der Waals surface area contributed by atoms with Crippen molar-refractivity contribution in [2.75, 3.05) is 5.32 Å². The number of nitrogens with zero attached hydrogens (tertiary/aromatic N) is 2. The molecule has 0 saturated heterocycles. The number of aromatic amines is 1. The Morgan fingerprint density at radius 1 is 1.10 bits per heavy atom. The van der Waals surface area contributed by atoms with Crippen molar-refractivity contribution < 1.29 is 4.79 Å². The summed E-state index contributed by atoms with van der Waals surface area (Å²) < 4.78 is 0. The van der Waals surface area contributed by atoms with Gasteiger partial charge in [-0.2, -0.15) is 0 Å². The summed E-state index contributed by atoms with van der Waals surface area (Å²) in [5, 5.41) is 5.38. The number of nitrogens with one attached hydrogen (secondary N) is 2. The molecule has 0 bridgehead atoms. The number of hydrogen-bond acceptors (Lipinski definition) is 5. The lowest BCUT2D eigenvalue weighted by atomic mass is 9.90. The summed E-state index contributed by atoms with van der Waals surface area (Å²) in [6, 6.07) is 14.4. The number of hydrogen-bond donors (Lipinski definition) is 2. The molecule has 5 nitrogen and oxygen atoms in total. The number of benzene rings is 1. The Kier molecular flexibility index (Phi) is 5.15. The lowest BCUT2D eigenvalue weighted by molar-refractivity contribution is 0.0971.